The van der Waals surface area contributed by atoms with E-state index in [0.29, 0.717) is 53.0 Å². The molecule has 0 saturated carbocycles. The van der Waals surface area contributed by atoms with Crippen LogP contribution in [0.15, 0.2) is 23.4 Å². The van der Waals surface area contributed by atoms with Crippen LogP contribution in [0.5, 0.6) is 11.5 Å². The van der Waals surface area contributed by atoms with Gasteiger partial charge in [0, 0.05) is 5.70 Å². The number of benzene rings is 1. The Kier molecular flexibility index (Phi) is 8.20. The summed E-state index contributed by atoms with van der Waals surface area (Å²) in [5.74, 6) is 0.409. The second kappa shape index (κ2) is 10.4. The average molecular weight is 425 g/mol. The second-order valence-electron chi connectivity index (χ2n) is 6.82. The molecule has 2 N–H and O–H groups in total. The fraction of sp³-hybridized carbons (Fsp3) is 0.524. The smallest absolute Gasteiger partial charge is 0.338 e. The molecule has 1 aliphatic rings. The number of nitrogens with one attached hydrogen (secondary N) is 2. The summed E-state index contributed by atoms with van der Waals surface area (Å²) < 4.78 is 16.7. The predicted molar refractivity (Wildman–Crippen MR) is 111 cm³/mol. The molecule has 1 aromatic rings. The van der Waals surface area contributed by atoms with Crippen LogP contribution in [0.3, 0.4) is 0 Å². The number of urea groups is 1. The lowest BCUT2D eigenvalue weighted by molar-refractivity contribution is -0.143. The molecular formula is C21H29ClN2O5. The number of halogens is 1. The Morgan fingerprint density at radius 3 is 2.45 bits per heavy atom. The molecule has 1 atom stereocenters. The summed E-state index contributed by atoms with van der Waals surface area (Å²) >= 11 is 6.45. The molecule has 0 aromatic heterocycles. The molecule has 160 valence electrons. The van der Waals surface area contributed by atoms with Gasteiger partial charge in [0.25, 0.3) is 0 Å². The largest absolute Gasteiger partial charge is 0.490 e. The molecule has 0 spiro atoms. The zero-order valence-electron chi connectivity index (χ0n) is 17.6. The first kappa shape index (κ1) is 22.9. The average Bonchev–Trinajstić information content (AvgIpc) is 2.63. The third-order valence-corrected chi connectivity index (χ3v) is 4.45. The highest BCUT2D eigenvalue weighted by Gasteiger charge is 2.34. The first-order chi connectivity index (χ1) is 13.8. The molecule has 8 heteroatoms. The summed E-state index contributed by atoms with van der Waals surface area (Å²) in [7, 11) is 0. The lowest BCUT2D eigenvalue weighted by atomic mass is 9.93. The quantitative estimate of drug-likeness (QED) is 0.570. The van der Waals surface area contributed by atoms with E-state index in [9.17, 15) is 9.59 Å². The van der Waals surface area contributed by atoms with Gasteiger partial charge in [0.05, 0.1) is 36.0 Å². The van der Waals surface area contributed by atoms with E-state index in [-0.39, 0.29) is 12.1 Å². The number of ether oxygens (including phenoxy) is 3. The van der Waals surface area contributed by atoms with Gasteiger partial charge in [-0.15, -0.1) is 0 Å². The lowest BCUT2D eigenvalue weighted by Gasteiger charge is -2.30. The molecule has 0 saturated heterocycles. The van der Waals surface area contributed by atoms with Crippen LogP contribution in [0, 0.1) is 0 Å². The van der Waals surface area contributed by atoms with E-state index in [1.54, 1.807) is 26.0 Å². The summed E-state index contributed by atoms with van der Waals surface area (Å²) in [6, 6.07) is 2.31. The Morgan fingerprint density at radius 1 is 1.17 bits per heavy atom. The third kappa shape index (κ3) is 5.56. The highest BCUT2D eigenvalue weighted by Crippen LogP contribution is 2.40. The maximum absolute atomic E-state index is 12.9. The molecule has 0 fully saturated rings. The number of rotatable bonds is 9. The molecule has 7 nitrogen and oxygen atoms in total. The molecule has 1 aromatic carbocycles. The van der Waals surface area contributed by atoms with Crippen LogP contribution in [-0.2, 0) is 9.53 Å². The predicted octanol–water partition coefficient (Wildman–Crippen LogP) is 4.50. The summed E-state index contributed by atoms with van der Waals surface area (Å²) in [4.78, 5) is 25.2. The zero-order chi connectivity index (χ0) is 21.6. The van der Waals surface area contributed by atoms with Gasteiger partial charge >= 0.3 is 12.0 Å². The van der Waals surface area contributed by atoms with Crippen molar-refractivity contribution in [2.24, 2.45) is 0 Å². The van der Waals surface area contributed by atoms with E-state index in [1.165, 1.54) is 0 Å². The monoisotopic (exact) mass is 424 g/mol. The molecular weight excluding hydrogens is 396 g/mol. The number of hydrogen-bond acceptors (Lipinski definition) is 5. The van der Waals surface area contributed by atoms with Crippen molar-refractivity contribution in [3.8, 4) is 11.5 Å². The van der Waals surface area contributed by atoms with E-state index in [1.807, 2.05) is 20.8 Å². The number of esters is 1. The van der Waals surface area contributed by atoms with E-state index >= 15 is 0 Å². The minimum Gasteiger partial charge on any atom is -0.490 e. The molecule has 1 heterocycles. The van der Waals surface area contributed by atoms with Gasteiger partial charge in [0.15, 0.2) is 11.5 Å². The normalized spacial score (nSPS) is 16.4. The first-order valence-electron chi connectivity index (χ1n) is 9.92. The summed E-state index contributed by atoms with van der Waals surface area (Å²) in [6.45, 7) is 10.1. The van der Waals surface area contributed by atoms with Gasteiger partial charge < -0.3 is 24.8 Å². The van der Waals surface area contributed by atoms with Gasteiger partial charge in [-0.05, 0) is 51.8 Å². The number of allylic oxidation sites excluding steroid dienone is 1. The van der Waals surface area contributed by atoms with Crippen LogP contribution in [0.1, 0.15) is 59.1 Å². The van der Waals surface area contributed by atoms with Crippen molar-refractivity contribution in [2.75, 3.05) is 13.2 Å². The van der Waals surface area contributed by atoms with Crippen molar-refractivity contribution in [1.82, 2.24) is 10.6 Å². The SMILES string of the molecule is CCCC1=C(C(=O)OC(C)C)C(c2cc(Cl)c(OCC)c(OCC)c2)NC(=O)N1. The van der Waals surface area contributed by atoms with Crippen LogP contribution in [-0.4, -0.2) is 31.3 Å². The standard InChI is InChI=1S/C21H29ClN2O5/c1-6-9-15-17(20(25)29-12(4)5)18(24-21(26)23-15)13-10-14(22)19(28-8-3)16(11-13)27-7-2/h10-12,18H,6-9H2,1-5H3,(H2,23,24,26). The van der Waals surface area contributed by atoms with Gasteiger partial charge in [0.1, 0.15) is 0 Å². The van der Waals surface area contributed by atoms with Crippen molar-refractivity contribution in [1.29, 1.82) is 0 Å². The topological polar surface area (TPSA) is 85.9 Å². The van der Waals surface area contributed by atoms with Crippen LogP contribution in [0.2, 0.25) is 5.02 Å². The molecule has 1 aliphatic heterocycles. The Morgan fingerprint density at radius 2 is 1.86 bits per heavy atom. The Balaban J connectivity index is 2.60. The maximum Gasteiger partial charge on any atom is 0.338 e. The van der Waals surface area contributed by atoms with E-state index in [4.69, 9.17) is 25.8 Å². The molecule has 0 radical (unpaired) electrons. The molecule has 29 heavy (non-hydrogen) atoms. The fourth-order valence-electron chi connectivity index (χ4n) is 3.14. The molecule has 0 aliphatic carbocycles. The fourth-order valence-corrected chi connectivity index (χ4v) is 3.41. The molecule has 2 rings (SSSR count). The van der Waals surface area contributed by atoms with Crippen molar-refractivity contribution in [2.45, 2.75) is 59.6 Å². The molecule has 0 bridgehead atoms. The highest BCUT2D eigenvalue weighted by molar-refractivity contribution is 6.32. The maximum atomic E-state index is 12.9. The van der Waals surface area contributed by atoms with Crippen LogP contribution >= 0.6 is 11.6 Å². The Hall–Kier alpha value is -2.41. The second-order valence-corrected chi connectivity index (χ2v) is 7.23. The van der Waals surface area contributed by atoms with E-state index in [2.05, 4.69) is 10.6 Å². The van der Waals surface area contributed by atoms with Crippen LogP contribution in [0.25, 0.3) is 0 Å². The van der Waals surface area contributed by atoms with Crippen LogP contribution in [0.4, 0.5) is 4.79 Å². The van der Waals surface area contributed by atoms with Crippen molar-refractivity contribution >= 4 is 23.6 Å². The molecule has 1 unspecified atom stereocenters. The minimum atomic E-state index is -0.719. The summed E-state index contributed by atoms with van der Waals surface area (Å²) in [6.07, 6.45) is 1.00. The highest BCUT2D eigenvalue weighted by atomic mass is 35.5. The first-order valence-corrected chi connectivity index (χ1v) is 10.3. The van der Waals surface area contributed by atoms with Gasteiger partial charge in [-0.3, -0.25) is 0 Å². The number of hydrogen-bond donors (Lipinski definition) is 2. The van der Waals surface area contributed by atoms with E-state index < -0.39 is 12.0 Å². The van der Waals surface area contributed by atoms with Crippen LogP contribution < -0.4 is 20.1 Å². The van der Waals surface area contributed by atoms with Crippen molar-refractivity contribution in [3.05, 3.63) is 34.0 Å². The van der Waals surface area contributed by atoms with Gasteiger partial charge in [-0.2, -0.15) is 0 Å². The number of amides is 2. The third-order valence-electron chi connectivity index (χ3n) is 4.17. The van der Waals surface area contributed by atoms with E-state index in [0.717, 1.165) is 6.42 Å². The summed E-state index contributed by atoms with van der Waals surface area (Å²) in [5.41, 5.74) is 1.53. The van der Waals surface area contributed by atoms with Gasteiger partial charge in [-0.1, -0.05) is 24.9 Å². The molecule has 2 amide bonds. The van der Waals surface area contributed by atoms with Gasteiger partial charge in [0.2, 0.25) is 0 Å². The lowest BCUT2D eigenvalue weighted by Crippen LogP contribution is -2.46. The number of carbonyl (C=O) groups is 2. The van der Waals surface area contributed by atoms with Crippen molar-refractivity contribution in [3.63, 3.8) is 0 Å². The minimum absolute atomic E-state index is 0.293. The van der Waals surface area contributed by atoms with Gasteiger partial charge in [-0.25, -0.2) is 9.59 Å². The zero-order valence-corrected chi connectivity index (χ0v) is 18.3. The summed E-state index contributed by atoms with van der Waals surface area (Å²) in [5, 5.41) is 5.90. The Bertz CT molecular complexity index is 792. The Labute approximate surface area is 176 Å². The van der Waals surface area contributed by atoms with Crippen molar-refractivity contribution < 1.29 is 23.8 Å². The number of carbonyl (C=O) groups excluding carboxylic acids is 2.